The standard InChI is InChI=1S/C15H22FN3O3S/c16-14-4-2-1-3-13(14)5-8-18-15(20)19-9-6-12(7-10-19)11-23(17,21)22/h1-4,12H,5-11H2,(H,18,20)(H2,17,21,22). The zero-order valence-electron chi connectivity index (χ0n) is 12.9. The first kappa shape index (κ1) is 17.7. The van der Waals surface area contributed by atoms with Crippen LogP contribution in [0.2, 0.25) is 0 Å². The highest BCUT2D eigenvalue weighted by atomic mass is 32.2. The molecule has 0 spiro atoms. The minimum Gasteiger partial charge on any atom is -0.338 e. The molecule has 1 aromatic carbocycles. The van der Waals surface area contributed by atoms with Crippen molar-refractivity contribution in [3.63, 3.8) is 0 Å². The smallest absolute Gasteiger partial charge is 0.317 e. The van der Waals surface area contributed by atoms with Gasteiger partial charge in [-0.25, -0.2) is 22.7 Å². The maximum Gasteiger partial charge on any atom is 0.317 e. The SMILES string of the molecule is NS(=O)(=O)CC1CCN(C(=O)NCCc2ccccc2F)CC1. The molecule has 3 N–H and O–H groups in total. The van der Waals surface area contributed by atoms with Crippen LogP contribution in [0.15, 0.2) is 24.3 Å². The lowest BCUT2D eigenvalue weighted by molar-refractivity contribution is 0.174. The number of nitrogens with one attached hydrogen (secondary N) is 1. The average Bonchev–Trinajstić information content (AvgIpc) is 2.48. The Morgan fingerprint density at radius 3 is 2.57 bits per heavy atom. The number of piperidine rings is 1. The van der Waals surface area contributed by atoms with Crippen LogP contribution in [-0.4, -0.2) is 44.7 Å². The quantitative estimate of drug-likeness (QED) is 0.838. The van der Waals surface area contributed by atoms with Gasteiger partial charge in [0.15, 0.2) is 0 Å². The Morgan fingerprint density at radius 2 is 1.96 bits per heavy atom. The van der Waals surface area contributed by atoms with Crippen LogP contribution in [0, 0.1) is 11.7 Å². The van der Waals surface area contributed by atoms with E-state index in [0.29, 0.717) is 44.5 Å². The number of amides is 2. The fourth-order valence-corrected chi connectivity index (χ4v) is 3.74. The van der Waals surface area contributed by atoms with Gasteiger partial charge in [-0.15, -0.1) is 0 Å². The normalized spacial score (nSPS) is 16.3. The summed E-state index contributed by atoms with van der Waals surface area (Å²) in [4.78, 5) is 13.7. The van der Waals surface area contributed by atoms with E-state index in [-0.39, 0.29) is 23.5 Å². The molecule has 6 nitrogen and oxygen atoms in total. The van der Waals surface area contributed by atoms with Crippen LogP contribution >= 0.6 is 0 Å². The first-order valence-corrected chi connectivity index (χ1v) is 9.33. The fourth-order valence-electron chi connectivity index (χ4n) is 2.75. The average molecular weight is 343 g/mol. The summed E-state index contributed by atoms with van der Waals surface area (Å²) < 4.78 is 35.6. The van der Waals surface area contributed by atoms with E-state index in [0.717, 1.165) is 0 Å². The lowest BCUT2D eigenvalue weighted by atomic mass is 9.99. The van der Waals surface area contributed by atoms with E-state index in [9.17, 15) is 17.6 Å². The fraction of sp³-hybridized carbons (Fsp3) is 0.533. The van der Waals surface area contributed by atoms with E-state index in [2.05, 4.69) is 5.32 Å². The molecule has 0 bridgehead atoms. The number of halogens is 1. The van der Waals surface area contributed by atoms with Crippen molar-refractivity contribution in [1.29, 1.82) is 0 Å². The number of hydrogen-bond acceptors (Lipinski definition) is 3. The van der Waals surface area contributed by atoms with Crippen molar-refractivity contribution in [2.24, 2.45) is 11.1 Å². The second-order valence-electron chi connectivity index (χ2n) is 5.83. The Hall–Kier alpha value is -1.67. The number of carbonyl (C=O) groups is 1. The van der Waals surface area contributed by atoms with Crippen LogP contribution in [0.1, 0.15) is 18.4 Å². The molecule has 1 saturated heterocycles. The maximum absolute atomic E-state index is 13.5. The molecule has 0 radical (unpaired) electrons. The number of urea groups is 1. The zero-order chi connectivity index (χ0) is 16.9. The minimum atomic E-state index is -3.46. The van der Waals surface area contributed by atoms with Gasteiger partial charge in [-0.3, -0.25) is 0 Å². The lowest BCUT2D eigenvalue weighted by Crippen LogP contribution is -2.46. The van der Waals surface area contributed by atoms with E-state index in [1.807, 2.05) is 0 Å². The molecule has 8 heteroatoms. The highest BCUT2D eigenvalue weighted by Crippen LogP contribution is 2.18. The van der Waals surface area contributed by atoms with E-state index in [1.165, 1.54) is 6.07 Å². The molecule has 0 aromatic heterocycles. The Morgan fingerprint density at radius 1 is 1.30 bits per heavy atom. The number of carbonyl (C=O) groups excluding carboxylic acids is 1. The molecule has 1 aliphatic rings. The number of benzene rings is 1. The number of hydrogen-bond donors (Lipinski definition) is 2. The summed E-state index contributed by atoms with van der Waals surface area (Å²) in [5.74, 6) is -0.298. The van der Waals surface area contributed by atoms with Gasteiger partial charge in [0.25, 0.3) is 0 Å². The summed E-state index contributed by atoms with van der Waals surface area (Å²) in [7, 11) is -3.46. The third kappa shape index (κ3) is 5.80. The summed E-state index contributed by atoms with van der Waals surface area (Å²) in [6.45, 7) is 1.37. The first-order chi connectivity index (χ1) is 10.8. The van der Waals surface area contributed by atoms with Crippen LogP contribution in [0.3, 0.4) is 0 Å². The first-order valence-electron chi connectivity index (χ1n) is 7.62. The maximum atomic E-state index is 13.5. The molecule has 23 heavy (non-hydrogen) atoms. The van der Waals surface area contributed by atoms with Crippen LogP contribution < -0.4 is 10.5 Å². The molecule has 0 aliphatic carbocycles. The number of rotatable bonds is 5. The topological polar surface area (TPSA) is 92.5 Å². The van der Waals surface area contributed by atoms with Crippen molar-refractivity contribution >= 4 is 16.1 Å². The summed E-state index contributed by atoms with van der Waals surface area (Å²) in [5.41, 5.74) is 0.569. The molecule has 1 fully saturated rings. The van der Waals surface area contributed by atoms with Crippen LogP contribution in [-0.2, 0) is 16.4 Å². The van der Waals surface area contributed by atoms with Crippen LogP contribution in [0.4, 0.5) is 9.18 Å². The third-order valence-corrected chi connectivity index (χ3v) is 4.93. The highest BCUT2D eigenvalue weighted by Gasteiger charge is 2.25. The third-order valence-electron chi connectivity index (χ3n) is 4.00. The van der Waals surface area contributed by atoms with Crippen molar-refractivity contribution < 1.29 is 17.6 Å². The molecule has 1 aliphatic heterocycles. The molecule has 2 amide bonds. The lowest BCUT2D eigenvalue weighted by Gasteiger charge is -2.31. The number of sulfonamides is 1. The van der Waals surface area contributed by atoms with E-state index in [4.69, 9.17) is 5.14 Å². The summed E-state index contributed by atoms with van der Waals surface area (Å²) in [5, 5.41) is 7.81. The van der Waals surface area contributed by atoms with Gasteiger partial charge in [-0.2, -0.15) is 0 Å². The van der Waals surface area contributed by atoms with Gasteiger partial charge in [0.2, 0.25) is 10.0 Å². The number of nitrogens with zero attached hydrogens (tertiary/aromatic N) is 1. The summed E-state index contributed by atoms with van der Waals surface area (Å²) in [6.07, 6.45) is 1.68. The summed E-state index contributed by atoms with van der Waals surface area (Å²) >= 11 is 0. The Bertz CT molecular complexity index is 643. The van der Waals surface area contributed by atoms with Gasteiger partial charge < -0.3 is 10.2 Å². The Kier molecular flexibility index (Phi) is 5.95. The van der Waals surface area contributed by atoms with E-state index < -0.39 is 10.0 Å². The van der Waals surface area contributed by atoms with Crippen LogP contribution in [0.5, 0.6) is 0 Å². The molecule has 128 valence electrons. The molecular formula is C15H22FN3O3S. The second-order valence-corrected chi connectivity index (χ2v) is 7.49. The van der Waals surface area contributed by atoms with Crippen molar-refractivity contribution in [1.82, 2.24) is 10.2 Å². The van der Waals surface area contributed by atoms with Crippen LogP contribution in [0.25, 0.3) is 0 Å². The van der Waals surface area contributed by atoms with E-state index in [1.54, 1.807) is 23.1 Å². The van der Waals surface area contributed by atoms with E-state index >= 15 is 0 Å². The van der Waals surface area contributed by atoms with Crippen molar-refractivity contribution in [3.05, 3.63) is 35.6 Å². The second kappa shape index (κ2) is 7.74. The Balaban J connectivity index is 1.72. The Labute approximate surface area is 135 Å². The molecule has 1 aromatic rings. The predicted octanol–water partition coefficient (Wildman–Crippen LogP) is 1.08. The summed E-state index contributed by atoms with van der Waals surface area (Å²) in [6, 6.07) is 6.28. The number of likely N-dealkylation sites (tertiary alicyclic amines) is 1. The van der Waals surface area contributed by atoms with Crippen molar-refractivity contribution in [2.45, 2.75) is 19.3 Å². The van der Waals surface area contributed by atoms with Gasteiger partial charge in [-0.1, -0.05) is 18.2 Å². The largest absolute Gasteiger partial charge is 0.338 e. The van der Waals surface area contributed by atoms with Gasteiger partial charge in [-0.05, 0) is 36.8 Å². The minimum absolute atomic E-state index is 0.00691. The number of nitrogens with two attached hydrogens (primary N) is 1. The highest BCUT2D eigenvalue weighted by molar-refractivity contribution is 7.89. The molecular weight excluding hydrogens is 321 g/mol. The zero-order valence-corrected chi connectivity index (χ0v) is 13.7. The van der Waals surface area contributed by atoms with Gasteiger partial charge >= 0.3 is 6.03 Å². The van der Waals surface area contributed by atoms with Gasteiger partial charge in [0, 0.05) is 19.6 Å². The molecule has 0 saturated carbocycles. The number of primary sulfonamides is 1. The van der Waals surface area contributed by atoms with Crippen molar-refractivity contribution in [2.75, 3.05) is 25.4 Å². The van der Waals surface area contributed by atoms with Crippen molar-refractivity contribution in [3.8, 4) is 0 Å². The molecule has 2 rings (SSSR count). The van der Waals surface area contributed by atoms with Gasteiger partial charge in [0.05, 0.1) is 5.75 Å². The molecule has 0 atom stereocenters. The monoisotopic (exact) mass is 343 g/mol. The molecule has 1 heterocycles. The van der Waals surface area contributed by atoms with Gasteiger partial charge in [0.1, 0.15) is 5.82 Å². The predicted molar refractivity (Wildman–Crippen MR) is 85.8 cm³/mol. The molecule has 0 unspecified atom stereocenters.